The van der Waals surface area contributed by atoms with Crippen LogP contribution in [0, 0.1) is 0 Å². The van der Waals surface area contributed by atoms with Crippen molar-refractivity contribution in [3.63, 3.8) is 0 Å². The number of rotatable bonds is 6. The van der Waals surface area contributed by atoms with Gasteiger partial charge in [-0.15, -0.1) is 0 Å². The molecule has 2 heterocycles. The number of hydrogen-bond acceptors (Lipinski definition) is 4. The fourth-order valence-electron chi connectivity index (χ4n) is 3.72. The van der Waals surface area contributed by atoms with Crippen LogP contribution in [-0.4, -0.2) is 67.3 Å². The summed E-state index contributed by atoms with van der Waals surface area (Å²) in [4.78, 5) is 5.20. The topological polar surface area (TPSA) is 41.7 Å². The predicted octanol–water partition coefficient (Wildman–Crippen LogP) is 1.69. The zero-order valence-electron chi connectivity index (χ0n) is 13.4. The van der Waals surface area contributed by atoms with E-state index in [9.17, 15) is 0 Å². The summed E-state index contributed by atoms with van der Waals surface area (Å²) < 4.78 is 5.99. The molecule has 0 saturated carbocycles. The lowest BCUT2D eigenvalue weighted by atomic mass is 9.84. The van der Waals surface area contributed by atoms with E-state index < -0.39 is 0 Å². The number of nitrogens with zero attached hydrogens (tertiary/aromatic N) is 2. The molecule has 2 aliphatic heterocycles. The Bertz CT molecular complexity index is 277. The predicted molar refractivity (Wildman–Crippen MR) is 84.0 cm³/mol. The zero-order valence-corrected chi connectivity index (χ0v) is 13.4. The molecule has 1 atom stereocenters. The summed E-state index contributed by atoms with van der Waals surface area (Å²) in [6, 6.07) is 0. The Morgan fingerprint density at radius 3 is 2.55 bits per heavy atom. The fourth-order valence-corrected chi connectivity index (χ4v) is 3.72. The summed E-state index contributed by atoms with van der Waals surface area (Å²) >= 11 is 0. The molecular weight excluding hydrogens is 250 g/mol. The molecule has 2 saturated heterocycles. The molecule has 0 aromatic carbocycles. The van der Waals surface area contributed by atoms with E-state index in [0.717, 1.165) is 26.1 Å². The third kappa shape index (κ3) is 3.73. The molecule has 1 unspecified atom stereocenters. The molecule has 20 heavy (non-hydrogen) atoms. The van der Waals surface area contributed by atoms with Gasteiger partial charge in [-0.2, -0.15) is 0 Å². The van der Waals surface area contributed by atoms with Crippen molar-refractivity contribution in [3.8, 4) is 0 Å². The smallest absolute Gasteiger partial charge is 0.0702 e. The molecule has 4 nitrogen and oxygen atoms in total. The van der Waals surface area contributed by atoms with Gasteiger partial charge >= 0.3 is 0 Å². The SMILES string of the molecule is CCCOC1CCCN(C2(CN)CCN(CC)CC2)C1. The van der Waals surface area contributed by atoms with Crippen molar-refractivity contribution < 1.29 is 4.74 Å². The molecule has 0 aliphatic carbocycles. The van der Waals surface area contributed by atoms with Crippen molar-refractivity contribution in [1.29, 1.82) is 0 Å². The zero-order chi connectivity index (χ0) is 14.4. The van der Waals surface area contributed by atoms with Crippen molar-refractivity contribution in [2.75, 3.05) is 45.9 Å². The second-order valence-corrected chi connectivity index (χ2v) is 6.44. The highest BCUT2D eigenvalue weighted by Crippen LogP contribution is 2.31. The molecular formula is C16H33N3O. The average molecular weight is 283 g/mol. The summed E-state index contributed by atoms with van der Waals surface area (Å²) in [5.41, 5.74) is 6.44. The molecule has 4 heteroatoms. The first-order valence-corrected chi connectivity index (χ1v) is 8.53. The highest BCUT2D eigenvalue weighted by atomic mass is 16.5. The maximum atomic E-state index is 6.20. The average Bonchev–Trinajstić information content (AvgIpc) is 2.53. The van der Waals surface area contributed by atoms with Crippen LogP contribution in [0.5, 0.6) is 0 Å². The first-order chi connectivity index (χ1) is 9.74. The van der Waals surface area contributed by atoms with Gasteiger partial charge in [-0.1, -0.05) is 13.8 Å². The summed E-state index contributed by atoms with van der Waals surface area (Å²) in [6.45, 7) is 12.0. The van der Waals surface area contributed by atoms with Gasteiger partial charge in [0, 0.05) is 25.2 Å². The van der Waals surface area contributed by atoms with E-state index in [1.54, 1.807) is 0 Å². The van der Waals surface area contributed by atoms with E-state index >= 15 is 0 Å². The third-order valence-corrected chi connectivity index (χ3v) is 5.22. The van der Waals surface area contributed by atoms with Crippen molar-refractivity contribution in [2.24, 2.45) is 5.73 Å². The molecule has 0 bridgehead atoms. The first kappa shape index (κ1) is 16.2. The lowest BCUT2D eigenvalue weighted by Gasteiger charge is -2.51. The van der Waals surface area contributed by atoms with Gasteiger partial charge < -0.3 is 15.4 Å². The van der Waals surface area contributed by atoms with Crippen molar-refractivity contribution in [2.45, 2.75) is 57.6 Å². The first-order valence-electron chi connectivity index (χ1n) is 8.53. The Labute approximate surface area is 124 Å². The Balaban J connectivity index is 1.93. The number of nitrogens with two attached hydrogens (primary N) is 1. The van der Waals surface area contributed by atoms with Gasteiger partial charge in [-0.3, -0.25) is 4.90 Å². The summed E-state index contributed by atoms with van der Waals surface area (Å²) in [5.74, 6) is 0. The standard InChI is InChI=1S/C16H33N3O/c1-3-12-20-15-6-5-9-19(13-15)16(14-17)7-10-18(4-2)11-8-16/h15H,3-14,17H2,1-2H3. The van der Waals surface area contributed by atoms with Gasteiger partial charge in [-0.05, 0) is 58.3 Å². The van der Waals surface area contributed by atoms with Crippen LogP contribution < -0.4 is 5.73 Å². The van der Waals surface area contributed by atoms with Crippen LogP contribution in [0.25, 0.3) is 0 Å². The van der Waals surface area contributed by atoms with E-state index in [-0.39, 0.29) is 5.54 Å². The maximum Gasteiger partial charge on any atom is 0.0702 e. The van der Waals surface area contributed by atoms with Crippen LogP contribution in [0.1, 0.15) is 46.0 Å². The molecule has 0 amide bonds. The number of likely N-dealkylation sites (tertiary alicyclic amines) is 2. The van der Waals surface area contributed by atoms with E-state index in [2.05, 4.69) is 23.6 Å². The molecule has 2 rings (SSSR count). The van der Waals surface area contributed by atoms with Gasteiger partial charge in [0.25, 0.3) is 0 Å². The van der Waals surface area contributed by atoms with Gasteiger partial charge in [0.05, 0.1) is 6.10 Å². The second kappa shape index (κ2) is 7.74. The number of hydrogen-bond donors (Lipinski definition) is 1. The Morgan fingerprint density at radius 2 is 1.95 bits per heavy atom. The Kier molecular flexibility index (Phi) is 6.27. The number of ether oxygens (including phenoxy) is 1. The van der Waals surface area contributed by atoms with Gasteiger partial charge in [-0.25, -0.2) is 0 Å². The van der Waals surface area contributed by atoms with Crippen LogP contribution in [0.4, 0.5) is 0 Å². The fraction of sp³-hybridized carbons (Fsp3) is 1.00. The molecule has 2 aliphatic rings. The second-order valence-electron chi connectivity index (χ2n) is 6.44. The minimum absolute atomic E-state index is 0.236. The summed E-state index contributed by atoms with van der Waals surface area (Å²) in [7, 11) is 0. The van der Waals surface area contributed by atoms with E-state index in [1.165, 1.54) is 51.9 Å². The van der Waals surface area contributed by atoms with Gasteiger partial charge in [0.15, 0.2) is 0 Å². The van der Waals surface area contributed by atoms with Gasteiger partial charge in [0.2, 0.25) is 0 Å². The van der Waals surface area contributed by atoms with Crippen LogP contribution >= 0.6 is 0 Å². The summed E-state index contributed by atoms with van der Waals surface area (Å²) in [6.07, 6.45) is 6.46. The molecule has 0 aromatic heterocycles. The quantitative estimate of drug-likeness (QED) is 0.805. The molecule has 0 aromatic rings. The maximum absolute atomic E-state index is 6.20. The minimum atomic E-state index is 0.236. The highest BCUT2D eigenvalue weighted by Gasteiger charge is 2.40. The van der Waals surface area contributed by atoms with Crippen molar-refractivity contribution in [3.05, 3.63) is 0 Å². The Morgan fingerprint density at radius 1 is 1.20 bits per heavy atom. The largest absolute Gasteiger partial charge is 0.377 e. The normalized spacial score (nSPS) is 28.6. The highest BCUT2D eigenvalue weighted by molar-refractivity contribution is 4.98. The monoisotopic (exact) mass is 283 g/mol. The Hall–Kier alpha value is -0.160. The molecule has 0 radical (unpaired) electrons. The molecule has 2 fully saturated rings. The number of piperidine rings is 2. The lowest BCUT2D eigenvalue weighted by molar-refractivity contribution is -0.0534. The minimum Gasteiger partial charge on any atom is -0.377 e. The van der Waals surface area contributed by atoms with Crippen LogP contribution in [0.3, 0.4) is 0 Å². The van der Waals surface area contributed by atoms with E-state index in [0.29, 0.717) is 6.10 Å². The van der Waals surface area contributed by atoms with E-state index in [1.807, 2.05) is 0 Å². The lowest BCUT2D eigenvalue weighted by Crippen LogP contribution is -2.62. The van der Waals surface area contributed by atoms with Crippen molar-refractivity contribution >= 4 is 0 Å². The molecule has 2 N–H and O–H groups in total. The van der Waals surface area contributed by atoms with Crippen LogP contribution in [0.2, 0.25) is 0 Å². The van der Waals surface area contributed by atoms with Crippen molar-refractivity contribution in [1.82, 2.24) is 9.80 Å². The van der Waals surface area contributed by atoms with Gasteiger partial charge in [0.1, 0.15) is 0 Å². The molecule has 118 valence electrons. The van der Waals surface area contributed by atoms with Crippen LogP contribution in [-0.2, 0) is 4.74 Å². The molecule has 0 spiro atoms. The summed E-state index contributed by atoms with van der Waals surface area (Å²) in [5, 5.41) is 0. The van der Waals surface area contributed by atoms with Crippen LogP contribution in [0.15, 0.2) is 0 Å². The third-order valence-electron chi connectivity index (χ3n) is 5.22. The van der Waals surface area contributed by atoms with E-state index in [4.69, 9.17) is 10.5 Å².